The Morgan fingerprint density at radius 3 is 2.00 bits per heavy atom. The number of aromatic nitrogens is 1. The van der Waals surface area contributed by atoms with Crippen LogP contribution in [0.25, 0.3) is 22.2 Å². The van der Waals surface area contributed by atoms with Crippen LogP contribution in [-0.2, 0) is 25.5 Å². The summed E-state index contributed by atoms with van der Waals surface area (Å²) in [5.74, 6) is -2.53. The van der Waals surface area contributed by atoms with Crippen molar-refractivity contribution in [3.63, 3.8) is 0 Å². The Morgan fingerprint density at radius 2 is 1.43 bits per heavy atom. The minimum atomic E-state index is -1.11. The van der Waals surface area contributed by atoms with E-state index < -0.39 is 17.9 Å². The summed E-state index contributed by atoms with van der Waals surface area (Å²) in [6, 6.07) is 16.9. The van der Waals surface area contributed by atoms with E-state index >= 15 is 0 Å². The monoisotopic (exact) mass is 407 g/mol. The highest BCUT2D eigenvalue weighted by Gasteiger charge is 2.33. The summed E-state index contributed by atoms with van der Waals surface area (Å²) in [4.78, 5) is 37.8. The molecule has 6 nitrogen and oxygen atoms in total. The van der Waals surface area contributed by atoms with Crippen LogP contribution in [-0.4, -0.2) is 35.6 Å². The highest BCUT2D eigenvalue weighted by molar-refractivity contribution is 6.02. The molecule has 0 aliphatic rings. The summed E-state index contributed by atoms with van der Waals surface area (Å²) in [7, 11) is 0. The van der Waals surface area contributed by atoms with Crippen LogP contribution >= 0.6 is 0 Å². The Hall–Kier alpha value is -3.41. The van der Waals surface area contributed by atoms with Gasteiger partial charge in [-0.3, -0.25) is 19.0 Å². The standard InChI is InChI=1S/C24H25NO5/c1-4-29-23(27)20(24(28)30-5-2)15-19-18-13-9-10-14-21(18)25(16(3)26)22(19)17-11-7-6-8-12-17/h6-14,20H,4-5,15H2,1-3H3. The number of carbonyl (C=O) groups excluding carboxylic acids is 3. The van der Waals surface area contributed by atoms with Crippen LogP contribution in [0, 0.1) is 5.92 Å². The van der Waals surface area contributed by atoms with Gasteiger partial charge in [0.2, 0.25) is 5.91 Å². The number of para-hydroxylation sites is 1. The van der Waals surface area contributed by atoms with Crippen molar-refractivity contribution in [2.75, 3.05) is 13.2 Å². The van der Waals surface area contributed by atoms with Crippen LogP contribution in [0.5, 0.6) is 0 Å². The van der Waals surface area contributed by atoms with Gasteiger partial charge in [-0.05, 0) is 37.5 Å². The van der Waals surface area contributed by atoms with Gasteiger partial charge in [0.25, 0.3) is 0 Å². The van der Waals surface area contributed by atoms with Gasteiger partial charge in [0, 0.05) is 12.3 Å². The van der Waals surface area contributed by atoms with Crippen molar-refractivity contribution in [2.45, 2.75) is 27.2 Å². The van der Waals surface area contributed by atoms with E-state index in [9.17, 15) is 14.4 Å². The number of nitrogens with zero attached hydrogens (tertiary/aromatic N) is 1. The molecule has 3 rings (SSSR count). The molecule has 30 heavy (non-hydrogen) atoms. The molecule has 0 fully saturated rings. The number of esters is 2. The predicted molar refractivity (Wildman–Crippen MR) is 114 cm³/mol. The molecule has 1 heterocycles. The van der Waals surface area contributed by atoms with E-state index in [0.717, 1.165) is 22.0 Å². The number of benzene rings is 2. The first-order valence-corrected chi connectivity index (χ1v) is 10.0. The van der Waals surface area contributed by atoms with Gasteiger partial charge >= 0.3 is 11.9 Å². The van der Waals surface area contributed by atoms with E-state index in [1.165, 1.54) is 6.92 Å². The van der Waals surface area contributed by atoms with Gasteiger partial charge in [0.1, 0.15) is 0 Å². The molecular weight excluding hydrogens is 382 g/mol. The van der Waals surface area contributed by atoms with E-state index in [1.807, 2.05) is 54.6 Å². The third kappa shape index (κ3) is 4.13. The van der Waals surface area contributed by atoms with Gasteiger partial charge in [-0.2, -0.15) is 0 Å². The smallest absolute Gasteiger partial charge is 0.320 e. The summed E-state index contributed by atoms with van der Waals surface area (Å²) >= 11 is 0. The summed E-state index contributed by atoms with van der Waals surface area (Å²) in [5, 5.41) is 0.810. The van der Waals surface area contributed by atoms with E-state index in [-0.39, 0.29) is 25.5 Å². The fourth-order valence-corrected chi connectivity index (χ4v) is 3.69. The number of hydrogen-bond acceptors (Lipinski definition) is 5. The van der Waals surface area contributed by atoms with Gasteiger partial charge in [-0.15, -0.1) is 0 Å². The molecule has 0 spiro atoms. The maximum absolute atomic E-state index is 12.6. The van der Waals surface area contributed by atoms with Crippen LogP contribution in [0.1, 0.15) is 31.1 Å². The second-order valence-electron chi connectivity index (χ2n) is 6.83. The lowest BCUT2D eigenvalue weighted by Gasteiger charge is -2.16. The number of ether oxygens (including phenoxy) is 2. The van der Waals surface area contributed by atoms with Crippen LogP contribution in [0.3, 0.4) is 0 Å². The van der Waals surface area contributed by atoms with Crippen molar-refractivity contribution in [3.8, 4) is 11.3 Å². The second-order valence-corrected chi connectivity index (χ2v) is 6.83. The fourth-order valence-electron chi connectivity index (χ4n) is 3.69. The molecule has 0 N–H and O–H groups in total. The average Bonchev–Trinajstić information content (AvgIpc) is 3.07. The van der Waals surface area contributed by atoms with Crippen molar-refractivity contribution in [3.05, 3.63) is 60.2 Å². The van der Waals surface area contributed by atoms with E-state index in [4.69, 9.17) is 9.47 Å². The van der Waals surface area contributed by atoms with Gasteiger partial charge in [0.15, 0.2) is 5.92 Å². The number of fused-ring (bicyclic) bond motifs is 1. The van der Waals surface area contributed by atoms with E-state index in [2.05, 4.69) is 0 Å². The Kier molecular flexibility index (Phi) is 6.67. The number of carbonyl (C=O) groups is 3. The third-order valence-electron chi connectivity index (χ3n) is 4.89. The van der Waals surface area contributed by atoms with Crippen molar-refractivity contribution >= 4 is 28.7 Å². The molecule has 0 aliphatic heterocycles. The topological polar surface area (TPSA) is 74.6 Å². The average molecular weight is 407 g/mol. The zero-order chi connectivity index (χ0) is 21.7. The van der Waals surface area contributed by atoms with Crippen molar-refractivity contribution in [1.82, 2.24) is 4.57 Å². The first-order valence-electron chi connectivity index (χ1n) is 10.0. The zero-order valence-electron chi connectivity index (χ0n) is 17.4. The van der Waals surface area contributed by atoms with Crippen LogP contribution in [0.2, 0.25) is 0 Å². The lowest BCUT2D eigenvalue weighted by Crippen LogP contribution is -2.30. The molecule has 0 amide bonds. The maximum atomic E-state index is 12.6. The van der Waals surface area contributed by atoms with Gasteiger partial charge in [0.05, 0.1) is 24.4 Å². The van der Waals surface area contributed by atoms with Crippen molar-refractivity contribution in [1.29, 1.82) is 0 Å². The summed E-state index contributed by atoms with van der Waals surface area (Å²) in [5.41, 5.74) is 2.96. The maximum Gasteiger partial charge on any atom is 0.320 e. The molecule has 3 aromatic rings. The highest BCUT2D eigenvalue weighted by atomic mass is 16.6. The molecule has 0 aliphatic carbocycles. The third-order valence-corrected chi connectivity index (χ3v) is 4.89. The van der Waals surface area contributed by atoms with Crippen LogP contribution in [0.4, 0.5) is 0 Å². The quantitative estimate of drug-likeness (QED) is 0.432. The number of hydrogen-bond donors (Lipinski definition) is 0. The summed E-state index contributed by atoms with van der Waals surface area (Å²) in [6.07, 6.45) is 0.0721. The van der Waals surface area contributed by atoms with Gasteiger partial charge in [-0.25, -0.2) is 0 Å². The summed E-state index contributed by atoms with van der Waals surface area (Å²) in [6.45, 7) is 5.20. The molecule has 0 bridgehead atoms. The first-order chi connectivity index (χ1) is 14.5. The fraction of sp³-hybridized carbons (Fsp3) is 0.292. The van der Waals surface area contributed by atoms with Crippen LogP contribution in [0.15, 0.2) is 54.6 Å². The molecule has 0 saturated heterocycles. The lowest BCUT2D eigenvalue weighted by molar-refractivity contribution is -0.161. The molecule has 0 unspecified atom stereocenters. The molecule has 156 valence electrons. The molecule has 6 heteroatoms. The molecule has 0 atom stereocenters. The largest absolute Gasteiger partial charge is 0.465 e. The zero-order valence-corrected chi connectivity index (χ0v) is 17.4. The summed E-state index contributed by atoms with van der Waals surface area (Å²) < 4.78 is 11.9. The first kappa shape index (κ1) is 21.3. The van der Waals surface area contributed by atoms with E-state index in [1.54, 1.807) is 18.4 Å². The number of rotatable bonds is 7. The SMILES string of the molecule is CCOC(=O)C(Cc1c(-c2ccccc2)n(C(C)=O)c2ccccc12)C(=O)OCC. The molecular formula is C24H25NO5. The Morgan fingerprint density at radius 1 is 0.867 bits per heavy atom. The van der Waals surface area contributed by atoms with E-state index in [0.29, 0.717) is 5.69 Å². The second kappa shape index (κ2) is 9.39. The normalized spacial score (nSPS) is 10.9. The van der Waals surface area contributed by atoms with Crippen LogP contribution < -0.4 is 0 Å². The molecule has 2 aromatic carbocycles. The van der Waals surface area contributed by atoms with Crippen molar-refractivity contribution < 1.29 is 23.9 Å². The predicted octanol–water partition coefficient (Wildman–Crippen LogP) is 4.25. The molecule has 0 radical (unpaired) electrons. The minimum Gasteiger partial charge on any atom is -0.465 e. The van der Waals surface area contributed by atoms with Gasteiger partial charge < -0.3 is 9.47 Å². The minimum absolute atomic E-state index is 0.0721. The highest BCUT2D eigenvalue weighted by Crippen LogP contribution is 2.36. The Bertz CT molecular complexity index is 1050. The Labute approximate surface area is 175 Å². The lowest BCUT2D eigenvalue weighted by atomic mass is 9.94. The van der Waals surface area contributed by atoms with Gasteiger partial charge in [-0.1, -0.05) is 48.5 Å². The molecule has 1 aromatic heterocycles. The molecule has 0 saturated carbocycles. The Balaban J connectivity index is 2.24. The van der Waals surface area contributed by atoms with Crippen molar-refractivity contribution in [2.24, 2.45) is 5.92 Å².